The van der Waals surface area contributed by atoms with Crippen molar-refractivity contribution in [2.45, 2.75) is 11.8 Å². The van der Waals surface area contributed by atoms with E-state index in [9.17, 15) is 23.3 Å². The molecule has 0 spiro atoms. The molecule has 3 aromatic carbocycles. The molecule has 0 heterocycles. The Balaban J connectivity index is 1.75. The lowest BCUT2D eigenvalue weighted by molar-refractivity contribution is -0.384. The maximum absolute atomic E-state index is 12.5. The fourth-order valence-corrected chi connectivity index (χ4v) is 3.57. The number of nitrogens with zero attached hydrogens (tertiary/aromatic N) is 1. The van der Waals surface area contributed by atoms with Crippen molar-refractivity contribution in [1.29, 1.82) is 0 Å². The van der Waals surface area contributed by atoms with Gasteiger partial charge in [0.25, 0.3) is 21.6 Å². The molecular weight excluding hydrogens is 394 g/mol. The second-order valence-corrected chi connectivity index (χ2v) is 7.94. The number of nitrogens with one attached hydrogen (secondary N) is 2. The number of carbonyl (C=O) groups excluding carboxylic acids is 1. The number of benzene rings is 3. The predicted octanol–water partition coefficient (Wildman–Crippen LogP) is 3.96. The number of nitro benzene ring substituents is 1. The number of rotatable bonds is 6. The van der Waals surface area contributed by atoms with Gasteiger partial charge in [-0.3, -0.25) is 19.6 Å². The number of amides is 1. The van der Waals surface area contributed by atoms with Gasteiger partial charge in [-0.1, -0.05) is 23.8 Å². The highest BCUT2D eigenvalue weighted by molar-refractivity contribution is 7.92. The van der Waals surface area contributed by atoms with Crippen LogP contribution in [0.25, 0.3) is 0 Å². The Kier molecular flexibility index (Phi) is 5.60. The molecule has 0 unspecified atom stereocenters. The fraction of sp³-hybridized carbons (Fsp3) is 0.0500. The third kappa shape index (κ3) is 4.96. The SMILES string of the molecule is Cc1ccc(S(=O)(=O)Nc2cccc(C(=O)Nc3ccc([N+](=O)[O-])cc3)c2)cc1. The van der Waals surface area contributed by atoms with Gasteiger partial charge in [-0.2, -0.15) is 0 Å². The lowest BCUT2D eigenvalue weighted by Gasteiger charge is -2.10. The normalized spacial score (nSPS) is 10.9. The molecule has 0 aliphatic rings. The Morgan fingerprint density at radius 3 is 2.21 bits per heavy atom. The minimum absolute atomic E-state index is 0.0875. The Labute approximate surface area is 167 Å². The van der Waals surface area contributed by atoms with Crippen LogP contribution in [0.3, 0.4) is 0 Å². The molecule has 0 radical (unpaired) electrons. The molecule has 0 aliphatic heterocycles. The summed E-state index contributed by atoms with van der Waals surface area (Å²) < 4.78 is 27.5. The first-order chi connectivity index (χ1) is 13.7. The third-order valence-corrected chi connectivity index (χ3v) is 5.44. The van der Waals surface area contributed by atoms with Crippen LogP contribution in [0, 0.1) is 17.0 Å². The van der Waals surface area contributed by atoms with E-state index in [4.69, 9.17) is 0 Å². The minimum atomic E-state index is -3.79. The molecule has 0 fully saturated rings. The maximum Gasteiger partial charge on any atom is 0.269 e. The van der Waals surface area contributed by atoms with Crippen molar-refractivity contribution in [2.75, 3.05) is 10.0 Å². The number of nitro groups is 1. The molecule has 0 atom stereocenters. The molecule has 148 valence electrons. The Morgan fingerprint density at radius 1 is 0.931 bits per heavy atom. The van der Waals surface area contributed by atoms with Gasteiger partial charge in [0, 0.05) is 29.1 Å². The summed E-state index contributed by atoms with van der Waals surface area (Å²) in [6.45, 7) is 1.86. The number of carbonyl (C=O) groups is 1. The fourth-order valence-electron chi connectivity index (χ4n) is 2.53. The number of aryl methyl sites for hydroxylation is 1. The first kappa shape index (κ1) is 20.0. The van der Waals surface area contributed by atoms with Crippen molar-refractivity contribution in [3.05, 3.63) is 94.0 Å². The van der Waals surface area contributed by atoms with Crippen LogP contribution in [0.5, 0.6) is 0 Å². The van der Waals surface area contributed by atoms with Crippen LogP contribution in [0.4, 0.5) is 17.1 Å². The highest BCUT2D eigenvalue weighted by Gasteiger charge is 2.15. The van der Waals surface area contributed by atoms with E-state index in [1.54, 1.807) is 18.2 Å². The molecule has 0 saturated carbocycles. The molecule has 0 aromatic heterocycles. The van der Waals surface area contributed by atoms with E-state index in [0.29, 0.717) is 5.69 Å². The molecule has 0 aliphatic carbocycles. The lowest BCUT2D eigenvalue weighted by Crippen LogP contribution is -2.15. The van der Waals surface area contributed by atoms with E-state index in [1.807, 2.05) is 6.92 Å². The van der Waals surface area contributed by atoms with Crippen LogP contribution in [0.1, 0.15) is 15.9 Å². The molecule has 0 saturated heterocycles. The van der Waals surface area contributed by atoms with Gasteiger partial charge in [0.1, 0.15) is 0 Å². The number of sulfonamides is 1. The van der Waals surface area contributed by atoms with Gasteiger partial charge in [-0.15, -0.1) is 0 Å². The highest BCUT2D eigenvalue weighted by Crippen LogP contribution is 2.20. The van der Waals surface area contributed by atoms with E-state index in [0.717, 1.165) is 5.56 Å². The molecule has 8 nitrogen and oxygen atoms in total. The summed E-state index contributed by atoms with van der Waals surface area (Å²) in [5, 5.41) is 13.3. The smallest absolute Gasteiger partial charge is 0.269 e. The molecule has 9 heteroatoms. The zero-order valence-electron chi connectivity index (χ0n) is 15.3. The average Bonchev–Trinajstić information content (AvgIpc) is 2.68. The van der Waals surface area contributed by atoms with Gasteiger partial charge in [0.05, 0.1) is 9.82 Å². The van der Waals surface area contributed by atoms with Crippen molar-refractivity contribution in [3.63, 3.8) is 0 Å². The molecule has 29 heavy (non-hydrogen) atoms. The molecule has 1 amide bonds. The van der Waals surface area contributed by atoms with Crippen molar-refractivity contribution in [3.8, 4) is 0 Å². The quantitative estimate of drug-likeness (QED) is 0.470. The molecule has 0 bridgehead atoms. The van der Waals surface area contributed by atoms with E-state index < -0.39 is 20.9 Å². The van der Waals surface area contributed by atoms with E-state index in [-0.39, 0.29) is 21.8 Å². The Morgan fingerprint density at radius 2 is 1.59 bits per heavy atom. The summed E-state index contributed by atoms with van der Waals surface area (Å²) in [6.07, 6.45) is 0. The van der Waals surface area contributed by atoms with Crippen LogP contribution in [-0.4, -0.2) is 19.2 Å². The number of anilines is 2. The molecular formula is C20H17N3O5S. The minimum Gasteiger partial charge on any atom is -0.322 e. The first-order valence-electron chi connectivity index (χ1n) is 8.50. The second-order valence-electron chi connectivity index (χ2n) is 6.26. The van der Waals surface area contributed by atoms with Gasteiger partial charge < -0.3 is 5.32 Å². The van der Waals surface area contributed by atoms with Crippen LogP contribution >= 0.6 is 0 Å². The van der Waals surface area contributed by atoms with Crippen LogP contribution in [-0.2, 0) is 10.0 Å². The van der Waals surface area contributed by atoms with Gasteiger partial charge >= 0.3 is 0 Å². The Hall–Kier alpha value is -3.72. The van der Waals surface area contributed by atoms with Crippen LogP contribution in [0.2, 0.25) is 0 Å². The van der Waals surface area contributed by atoms with Crippen LogP contribution in [0.15, 0.2) is 77.7 Å². The summed E-state index contributed by atoms with van der Waals surface area (Å²) in [7, 11) is -3.79. The van der Waals surface area contributed by atoms with E-state index in [2.05, 4.69) is 10.0 Å². The first-order valence-corrected chi connectivity index (χ1v) is 9.98. The zero-order chi connectivity index (χ0) is 21.0. The molecule has 3 rings (SSSR count). The molecule has 2 N–H and O–H groups in total. The summed E-state index contributed by atoms with van der Waals surface area (Å²) in [6, 6.07) is 17.8. The monoisotopic (exact) mass is 411 g/mol. The average molecular weight is 411 g/mol. The van der Waals surface area contributed by atoms with Crippen LogP contribution < -0.4 is 10.0 Å². The zero-order valence-corrected chi connectivity index (χ0v) is 16.1. The second kappa shape index (κ2) is 8.11. The predicted molar refractivity (Wildman–Crippen MR) is 109 cm³/mol. The van der Waals surface area contributed by atoms with Gasteiger partial charge in [0.2, 0.25) is 0 Å². The van der Waals surface area contributed by atoms with Gasteiger partial charge in [-0.25, -0.2) is 8.42 Å². The summed E-state index contributed by atoms with van der Waals surface area (Å²) in [5.41, 5.74) is 1.70. The van der Waals surface area contributed by atoms with E-state index >= 15 is 0 Å². The Bertz CT molecular complexity index is 1160. The summed E-state index contributed by atoms with van der Waals surface area (Å²) >= 11 is 0. The maximum atomic E-state index is 12.5. The van der Waals surface area contributed by atoms with Gasteiger partial charge in [0.15, 0.2) is 0 Å². The van der Waals surface area contributed by atoms with Gasteiger partial charge in [-0.05, 0) is 49.4 Å². The lowest BCUT2D eigenvalue weighted by atomic mass is 10.2. The van der Waals surface area contributed by atoms with Crippen molar-refractivity contribution < 1.29 is 18.1 Å². The van der Waals surface area contributed by atoms with Crippen molar-refractivity contribution in [2.24, 2.45) is 0 Å². The van der Waals surface area contributed by atoms with Crippen molar-refractivity contribution >= 4 is 33.0 Å². The van der Waals surface area contributed by atoms with Crippen molar-refractivity contribution in [1.82, 2.24) is 0 Å². The van der Waals surface area contributed by atoms with E-state index in [1.165, 1.54) is 54.6 Å². The summed E-state index contributed by atoms with van der Waals surface area (Å²) in [5.74, 6) is -0.477. The third-order valence-electron chi connectivity index (χ3n) is 4.04. The molecule has 3 aromatic rings. The largest absolute Gasteiger partial charge is 0.322 e. The standard InChI is InChI=1S/C20H17N3O5S/c1-14-5-11-19(12-6-14)29(27,28)22-17-4-2-3-15(13-17)20(24)21-16-7-9-18(10-8-16)23(25)26/h2-13,22H,1H3,(H,21,24). The number of hydrogen-bond acceptors (Lipinski definition) is 5. The summed E-state index contributed by atoms with van der Waals surface area (Å²) in [4.78, 5) is 22.7. The topological polar surface area (TPSA) is 118 Å². The highest BCUT2D eigenvalue weighted by atomic mass is 32.2. The number of hydrogen-bond donors (Lipinski definition) is 2. The number of non-ortho nitro benzene ring substituents is 1.